The lowest BCUT2D eigenvalue weighted by atomic mass is 10.0. The number of nitrogens with one attached hydrogen (secondary N) is 2. The zero-order valence-electron chi connectivity index (χ0n) is 18.6. The van der Waals surface area contributed by atoms with Crippen molar-refractivity contribution in [1.29, 1.82) is 0 Å². The number of aromatic nitrogens is 2. The first-order valence-corrected chi connectivity index (χ1v) is 13.1. The van der Waals surface area contributed by atoms with Crippen LogP contribution in [0.1, 0.15) is 54.1 Å². The number of hydrogen-bond donors (Lipinski definition) is 2. The number of rotatable bonds is 7. The second kappa shape index (κ2) is 9.59. The zero-order chi connectivity index (χ0) is 23.9. The first-order chi connectivity index (χ1) is 17.1. The van der Waals surface area contributed by atoms with Crippen LogP contribution < -0.4 is 15.7 Å². The summed E-state index contributed by atoms with van der Waals surface area (Å²) >= 11 is 14.5. The lowest BCUT2D eigenvalue weighted by molar-refractivity contribution is 0.0247. The van der Waals surface area contributed by atoms with Crippen LogP contribution in [0.25, 0.3) is 11.3 Å². The molecule has 1 saturated carbocycles. The van der Waals surface area contributed by atoms with Crippen LogP contribution in [0, 0.1) is 0 Å². The van der Waals surface area contributed by atoms with E-state index in [1.54, 1.807) is 0 Å². The third-order valence-corrected chi connectivity index (χ3v) is 8.23. The molecule has 9 nitrogen and oxygen atoms in total. The summed E-state index contributed by atoms with van der Waals surface area (Å²) in [6, 6.07) is 5.44. The minimum atomic E-state index is -0.498. The van der Waals surface area contributed by atoms with E-state index in [0.29, 0.717) is 33.8 Å². The van der Waals surface area contributed by atoms with Crippen molar-refractivity contribution in [1.82, 2.24) is 20.9 Å². The van der Waals surface area contributed by atoms with Gasteiger partial charge in [-0.15, -0.1) is 5.48 Å². The van der Waals surface area contributed by atoms with Crippen LogP contribution in [0.5, 0.6) is 0 Å². The first kappa shape index (κ1) is 23.1. The molecule has 6 rings (SSSR count). The fourth-order valence-electron chi connectivity index (χ4n) is 4.45. The normalized spacial score (nSPS) is 20.8. The van der Waals surface area contributed by atoms with E-state index in [4.69, 9.17) is 37.3 Å². The number of benzene rings is 1. The summed E-state index contributed by atoms with van der Waals surface area (Å²) in [5.74, 6) is 1.28. The third-order valence-electron chi connectivity index (χ3n) is 6.47. The zero-order valence-corrected chi connectivity index (χ0v) is 21.0. The third kappa shape index (κ3) is 4.73. The van der Waals surface area contributed by atoms with Gasteiger partial charge in [0.15, 0.2) is 6.17 Å². The molecule has 1 aromatic carbocycles. The van der Waals surface area contributed by atoms with Crippen molar-refractivity contribution >= 4 is 45.6 Å². The van der Waals surface area contributed by atoms with Crippen molar-refractivity contribution in [2.45, 2.75) is 50.5 Å². The lowest BCUT2D eigenvalue weighted by Gasteiger charge is -2.32. The SMILES string of the molecule is O=C1NC(c2ncc(N3CCC(OCc4c(-c5c(Cl)cccc5Cl)noc4C4CC4)CC3)s2)NO1. The summed E-state index contributed by atoms with van der Waals surface area (Å²) in [6.07, 6.45) is 5.03. The number of ether oxygens (including phenoxy) is 1. The number of carbonyl (C=O) groups is 1. The van der Waals surface area contributed by atoms with Gasteiger partial charge in [0, 0.05) is 30.1 Å². The van der Waals surface area contributed by atoms with Crippen LogP contribution >= 0.6 is 34.5 Å². The highest BCUT2D eigenvalue weighted by molar-refractivity contribution is 7.15. The Morgan fingerprint density at radius 3 is 2.63 bits per heavy atom. The molecule has 2 aromatic heterocycles. The highest BCUT2D eigenvalue weighted by Crippen LogP contribution is 2.46. The fraction of sp³-hybridized carbons (Fsp3) is 0.435. The van der Waals surface area contributed by atoms with Crippen LogP contribution in [-0.4, -0.2) is 35.4 Å². The molecule has 1 aliphatic carbocycles. The van der Waals surface area contributed by atoms with Gasteiger partial charge in [0.2, 0.25) is 0 Å². The van der Waals surface area contributed by atoms with Gasteiger partial charge < -0.3 is 19.0 Å². The maximum absolute atomic E-state index is 11.2. The molecule has 3 fully saturated rings. The number of amides is 1. The van der Waals surface area contributed by atoms with Crippen molar-refractivity contribution in [3.8, 4) is 11.3 Å². The van der Waals surface area contributed by atoms with E-state index >= 15 is 0 Å². The van der Waals surface area contributed by atoms with Crippen molar-refractivity contribution in [2.24, 2.45) is 0 Å². The van der Waals surface area contributed by atoms with Crippen molar-refractivity contribution < 1.29 is 18.9 Å². The lowest BCUT2D eigenvalue weighted by Crippen LogP contribution is -2.36. The standard InChI is InChI=1S/C23H23Cl2N5O4S/c24-15-2-1-3-16(25)18(15)19-14(20(33-28-19)12-4-5-12)11-32-13-6-8-30(9-7-13)17-10-26-22(35-17)21-27-23(31)34-29-21/h1-3,10,12-13,21,29H,4-9,11H2,(H,27,31). The molecule has 3 aliphatic rings. The Balaban J connectivity index is 1.10. The number of hydroxylamine groups is 1. The Kier molecular flexibility index (Phi) is 6.32. The van der Waals surface area contributed by atoms with Crippen LogP contribution in [0.2, 0.25) is 10.0 Å². The summed E-state index contributed by atoms with van der Waals surface area (Å²) in [5.41, 5.74) is 4.95. The monoisotopic (exact) mass is 535 g/mol. The summed E-state index contributed by atoms with van der Waals surface area (Å²) in [7, 11) is 0. The molecule has 35 heavy (non-hydrogen) atoms. The van der Waals surface area contributed by atoms with E-state index in [9.17, 15) is 4.79 Å². The van der Waals surface area contributed by atoms with E-state index in [-0.39, 0.29) is 6.10 Å². The molecular formula is C23H23Cl2N5O4S. The molecule has 184 valence electrons. The topological polar surface area (TPSA) is 102 Å². The van der Waals surface area contributed by atoms with Gasteiger partial charge in [0.25, 0.3) is 0 Å². The molecule has 1 unspecified atom stereocenters. The number of anilines is 1. The van der Waals surface area contributed by atoms with Crippen LogP contribution in [0.15, 0.2) is 28.9 Å². The molecule has 0 bridgehead atoms. The van der Waals surface area contributed by atoms with Gasteiger partial charge in [-0.25, -0.2) is 9.78 Å². The van der Waals surface area contributed by atoms with Crippen molar-refractivity contribution in [3.63, 3.8) is 0 Å². The first-order valence-electron chi connectivity index (χ1n) is 11.5. The number of carbonyl (C=O) groups excluding carboxylic acids is 1. The molecule has 1 amide bonds. The molecule has 0 radical (unpaired) electrons. The maximum atomic E-state index is 11.2. The van der Waals surface area contributed by atoms with Gasteiger partial charge in [0.1, 0.15) is 21.5 Å². The van der Waals surface area contributed by atoms with E-state index in [1.165, 1.54) is 11.3 Å². The number of thiazole rings is 1. The molecule has 4 heterocycles. The molecular weight excluding hydrogens is 513 g/mol. The summed E-state index contributed by atoms with van der Waals surface area (Å²) in [6.45, 7) is 2.12. The number of piperidine rings is 1. The smallest absolute Gasteiger partial charge is 0.373 e. The quantitative estimate of drug-likeness (QED) is 0.414. The van der Waals surface area contributed by atoms with Crippen molar-refractivity contribution in [3.05, 3.63) is 50.8 Å². The Morgan fingerprint density at radius 2 is 1.94 bits per heavy atom. The van der Waals surface area contributed by atoms with Gasteiger partial charge in [-0.2, -0.15) is 0 Å². The Hall–Kier alpha value is -2.37. The summed E-state index contributed by atoms with van der Waals surface area (Å²) in [4.78, 5) is 22.7. The van der Waals surface area contributed by atoms with Crippen LogP contribution in [0.3, 0.4) is 0 Å². The Labute approximate surface area is 215 Å². The summed E-state index contributed by atoms with van der Waals surface area (Å²) in [5, 5.41) is 9.93. The fourth-order valence-corrected chi connectivity index (χ4v) is 5.99. The number of hydrogen-bond acceptors (Lipinski definition) is 9. The predicted octanol–water partition coefficient (Wildman–Crippen LogP) is 5.41. The molecule has 2 aliphatic heterocycles. The molecule has 2 N–H and O–H groups in total. The van der Waals surface area contributed by atoms with Gasteiger partial charge in [-0.1, -0.05) is 45.8 Å². The van der Waals surface area contributed by atoms with Gasteiger partial charge in [-0.3, -0.25) is 5.32 Å². The van der Waals surface area contributed by atoms with E-state index in [0.717, 1.165) is 60.1 Å². The predicted molar refractivity (Wildman–Crippen MR) is 132 cm³/mol. The maximum Gasteiger partial charge on any atom is 0.427 e. The minimum absolute atomic E-state index is 0.124. The van der Waals surface area contributed by atoms with Gasteiger partial charge in [0.05, 0.1) is 29.0 Å². The number of halogens is 2. The Morgan fingerprint density at radius 1 is 1.17 bits per heavy atom. The highest BCUT2D eigenvalue weighted by Gasteiger charge is 2.34. The van der Waals surface area contributed by atoms with E-state index < -0.39 is 12.3 Å². The average Bonchev–Trinajstić information content (AvgIpc) is 3.23. The van der Waals surface area contributed by atoms with Gasteiger partial charge in [-0.05, 0) is 37.8 Å². The summed E-state index contributed by atoms with van der Waals surface area (Å²) < 4.78 is 12.1. The van der Waals surface area contributed by atoms with Crippen LogP contribution in [-0.2, 0) is 16.2 Å². The van der Waals surface area contributed by atoms with E-state index in [1.807, 2.05) is 24.4 Å². The average molecular weight is 536 g/mol. The molecule has 12 heteroatoms. The van der Waals surface area contributed by atoms with Crippen molar-refractivity contribution in [2.75, 3.05) is 18.0 Å². The molecule has 3 aromatic rings. The second-order valence-corrected chi connectivity index (χ2v) is 10.7. The van der Waals surface area contributed by atoms with Crippen LogP contribution in [0.4, 0.5) is 9.80 Å². The second-order valence-electron chi connectivity index (χ2n) is 8.86. The highest BCUT2D eigenvalue weighted by atomic mass is 35.5. The molecule has 2 saturated heterocycles. The van der Waals surface area contributed by atoms with E-state index in [2.05, 4.69) is 25.8 Å². The molecule has 0 spiro atoms. The van der Waals surface area contributed by atoms with Gasteiger partial charge >= 0.3 is 6.09 Å². The largest absolute Gasteiger partial charge is 0.427 e. The Bertz CT molecular complexity index is 1220. The minimum Gasteiger partial charge on any atom is -0.373 e. The molecule has 1 atom stereocenters. The number of nitrogens with zero attached hydrogens (tertiary/aromatic N) is 3.